The maximum Gasteiger partial charge on any atom is 0.219 e. The van der Waals surface area contributed by atoms with E-state index in [2.05, 4.69) is 52.0 Å². The average Bonchev–Trinajstić information content (AvgIpc) is 2.87. The van der Waals surface area contributed by atoms with Crippen molar-refractivity contribution in [3.05, 3.63) is 53.1 Å². The van der Waals surface area contributed by atoms with E-state index in [1.807, 2.05) is 6.92 Å². The van der Waals surface area contributed by atoms with Crippen molar-refractivity contribution in [1.82, 2.24) is 24.8 Å². The number of hydrogen-bond acceptors (Lipinski definition) is 7. The van der Waals surface area contributed by atoms with Crippen LogP contribution in [-0.2, 0) is 0 Å². The summed E-state index contributed by atoms with van der Waals surface area (Å²) in [5, 5.41) is 4.11. The lowest BCUT2D eigenvalue weighted by atomic mass is 9.89. The summed E-state index contributed by atoms with van der Waals surface area (Å²) in [7, 11) is 2.08. The minimum atomic E-state index is -1.38. The number of alkyl halides is 1. The van der Waals surface area contributed by atoms with Gasteiger partial charge < -0.3 is 15.0 Å². The van der Waals surface area contributed by atoms with Crippen molar-refractivity contribution in [3.63, 3.8) is 0 Å². The summed E-state index contributed by atoms with van der Waals surface area (Å²) in [4.78, 5) is 18.5. The number of aromatic nitrogens is 3. The molecule has 38 heavy (non-hydrogen) atoms. The van der Waals surface area contributed by atoms with Crippen molar-refractivity contribution in [2.75, 3.05) is 38.5 Å². The molecule has 2 fully saturated rings. The second-order valence-electron chi connectivity index (χ2n) is 11.1. The number of benzene rings is 1. The number of pyridine rings is 1. The van der Waals surface area contributed by atoms with Gasteiger partial charge in [0.2, 0.25) is 5.88 Å². The topological polar surface area (TPSA) is 66.4 Å². The van der Waals surface area contributed by atoms with Gasteiger partial charge in [-0.2, -0.15) is 4.98 Å². The van der Waals surface area contributed by atoms with Gasteiger partial charge in [-0.1, -0.05) is 18.2 Å². The Morgan fingerprint density at radius 3 is 2.42 bits per heavy atom. The molecule has 1 N–H and O–H groups in total. The first-order valence-corrected chi connectivity index (χ1v) is 13.6. The van der Waals surface area contributed by atoms with Crippen LogP contribution in [0.5, 0.6) is 5.88 Å². The maximum absolute atomic E-state index is 15.1. The minimum Gasteiger partial charge on any atom is -0.471 e. The fourth-order valence-corrected chi connectivity index (χ4v) is 5.58. The molecule has 4 heterocycles. The number of ether oxygens (including phenoxy) is 1. The molecule has 204 valence electrons. The Bertz CT molecular complexity index is 1270. The molecule has 1 aromatic carbocycles. The fraction of sp³-hybridized carbons (Fsp3) is 0.552. The number of rotatable bonds is 8. The molecule has 2 atom stereocenters. The number of piperidine rings is 1. The molecule has 0 amide bonds. The third-order valence-corrected chi connectivity index (χ3v) is 7.93. The number of halogens is 2. The van der Waals surface area contributed by atoms with E-state index in [-0.39, 0.29) is 11.7 Å². The zero-order valence-electron chi connectivity index (χ0n) is 22.9. The van der Waals surface area contributed by atoms with Gasteiger partial charge in [0.1, 0.15) is 30.2 Å². The summed E-state index contributed by atoms with van der Waals surface area (Å²) in [6.45, 7) is 11.5. The van der Waals surface area contributed by atoms with Gasteiger partial charge in [0, 0.05) is 35.8 Å². The molecule has 2 aromatic heterocycles. The van der Waals surface area contributed by atoms with Gasteiger partial charge in [0.15, 0.2) is 5.65 Å². The molecule has 3 aromatic rings. The smallest absolute Gasteiger partial charge is 0.219 e. The predicted molar refractivity (Wildman–Crippen MR) is 146 cm³/mol. The number of nitrogens with zero attached hydrogens (tertiary/aromatic N) is 5. The highest BCUT2D eigenvalue weighted by molar-refractivity contribution is 5.87. The predicted octanol–water partition coefficient (Wildman–Crippen LogP) is 5.65. The summed E-state index contributed by atoms with van der Waals surface area (Å²) < 4.78 is 35.4. The van der Waals surface area contributed by atoms with Crippen LogP contribution in [0.1, 0.15) is 75.4 Å². The molecule has 0 aliphatic carbocycles. The number of likely N-dealkylation sites (tertiary alicyclic amines) is 2. The Morgan fingerprint density at radius 1 is 1.05 bits per heavy atom. The van der Waals surface area contributed by atoms with Crippen molar-refractivity contribution < 1.29 is 13.5 Å². The van der Waals surface area contributed by atoms with Crippen LogP contribution in [-0.4, -0.2) is 70.1 Å². The lowest BCUT2D eigenvalue weighted by molar-refractivity contribution is 0.0344. The first-order valence-electron chi connectivity index (χ1n) is 13.6. The number of hydrogen-bond donors (Lipinski definition) is 1. The van der Waals surface area contributed by atoms with Crippen LogP contribution < -0.4 is 10.1 Å². The quantitative estimate of drug-likeness (QED) is 0.409. The second kappa shape index (κ2) is 11.1. The first kappa shape index (κ1) is 26.7. The van der Waals surface area contributed by atoms with Crippen LogP contribution in [0.3, 0.4) is 0 Å². The Hall–Kier alpha value is -2.91. The van der Waals surface area contributed by atoms with E-state index < -0.39 is 18.0 Å². The lowest BCUT2D eigenvalue weighted by Gasteiger charge is -2.38. The maximum atomic E-state index is 15.1. The minimum absolute atomic E-state index is 0.0591. The Morgan fingerprint density at radius 2 is 1.76 bits per heavy atom. The molecular weight excluding hydrogens is 486 g/mol. The molecule has 7 nitrogen and oxygen atoms in total. The van der Waals surface area contributed by atoms with Gasteiger partial charge in [-0.25, -0.2) is 18.7 Å². The highest BCUT2D eigenvalue weighted by Gasteiger charge is 2.30. The van der Waals surface area contributed by atoms with E-state index in [1.54, 1.807) is 12.1 Å². The van der Waals surface area contributed by atoms with Crippen molar-refractivity contribution in [2.24, 2.45) is 0 Å². The Kier molecular flexibility index (Phi) is 7.77. The van der Waals surface area contributed by atoms with Crippen molar-refractivity contribution in [2.45, 2.75) is 70.8 Å². The van der Waals surface area contributed by atoms with Crippen LogP contribution in [0, 0.1) is 5.82 Å². The van der Waals surface area contributed by atoms with E-state index in [9.17, 15) is 4.39 Å². The zero-order chi connectivity index (χ0) is 27.0. The van der Waals surface area contributed by atoms with E-state index in [0.717, 1.165) is 50.0 Å². The molecule has 0 saturated carbocycles. The molecule has 1 unspecified atom stereocenters. The molecular formula is C29H38F2N6O. The molecule has 2 saturated heterocycles. The number of likely N-dealkylation sites (N-methyl/N-ethyl adjacent to an activating group) is 1. The van der Waals surface area contributed by atoms with Gasteiger partial charge in [-0.3, -0.25) is 4.90 Å². The molecule has 0 radical (unpaired) electrons. The van der Waals surface area contributed by atoms with E-state index in [1.165, 1.54) is 19.3 Å². The zero-order valence-corrected chi connectivity index (χ0v) is 22.9. The van der Waals surface area contributed by atoms with E-state index in [4.69, 9.17) is 9.72 Å². The Labute approximate surface area is 223 Å². The Balaban J connectivity index is 1.48. The van der Waals surface area contributed by atoms with Crippen LogP contribution in [0.2, 0.25) is 0 Å². The second-order valence-corrected chi connectivity index (χ2v) is 11.1. The molecule has 9 heteroatoms. The van der Waals surface area contributed by atoms with Crippen molar-refractivity contribution >= 4 is 16.9 Å². The third kappa shape index (κ3) is 5.45. The van der Waals surface area contributed by atoms with Crippen molar-refractivity contribution in [3.8, 4) is 5.88 Å². The summed E-state index contributed by atoms with van der Waals surface area (Å²) in [6.07, 6.45) is 2.25. The number of nitrogens with one attached hydrogen (secondary N) is 1. The summed E-state index contributed by atoms with van der Waals surface area (Å²) >= 11 is 0. The standard InChI is InChI=1S/C29H38F2N6O/c1-17(2)37-11-9-20(10-12-37)24-13-25-27(34-19(4)23-8-6-7-22(18(3)30)26(23)31)32-16-33-28(25)35-29(24)38-21-14-36(5)15-21/h6-8,13,16-21H,9-12,14-15H2,1-5H3,(H,32,33,34,35)/t18?,19-/m1/s1. The van der Waals surface area contributed by atoms with E-state index in [0.29, 0.717) is 34.9 Å². The normalized spacial score (nSPS) is 19.5. The summed E-state index contributed by atoms with van der Waals surface area (Å²) in [5.41, 5.74) is 2.07. The SMILES string of the molecule is CC(F)c1cccc([C@@H](C)Nc2ncnc3nc(OC4CN(C)C4)c(C4CCN(C(C)C)CC4)cc23)c1F. The highest BCUT2D eigenvalue weighted by Crippen LogP contribution is 2.38. The molecule has 5 rings (SSSR count). The summed E-state index contributed by atoms with van der Waals surface area (Å²) in [6, 6.07) is 7.04. The van der Waals surface area contributed by atoms with E-state index >= 15 is 4.39 Å². The molecule has 0 bridgehead atoms. The van der Waals surface area contributed by atoms with Gasteiger partial charge in [0.05, 0.1) is 11.4 Å². The lowest BCUT2D eigenvalue weighted by Crippen LogP contribution is -2.51. The van der Waals surface area contributed by atoms with Gasteiger partial charge in [-0.05, 0) is 72.7 Å². The fourth-order valence-electron chi connectivity index (χ4n) is 5.58. The van der Waals surface area contributed by atoms with Gasteiger partial charge in [0.25, 0.3) is 0 Å². The largest absolute Gasteiger partial charge is 0.471 e. The summed E-state index contributed by atoms with van der Waals surface area (Å²) in [5.74, 6) is 1.02. The highest BCUT2D eigenvalue weighted by atomic mass is 19.1. The van der Waals surface area contributed by atoms with Gasteiger partial charge >= 0.3 is 0 Å². The van der Waals surface area contributed by atoms with Crippen LogP contribution in [0.15, 0.2) is 30.6 Å². The third-order valence-electron chi connectivity index (χ3n) is 7.93. The molecule has 2 aliphatic rings. The van der Waals surface area contributed by atoms with Crippen LogP contribution in [0.4, 0.5) is 14.6 Å². The van der Waals surface area contributed by atoms with Gasteiger partial charge in [-0.15, -0.1) is 0 Å². The average molecular weight is 525 g/mol. The molecule has 0 spiro atoms. The molecule has 2 aliphatic heterocycles. The van der Waals surface area contributed by atoms with Crippen LogP contribution in [0.25, 0.3) is 11.0 Å². The first-order chi connectivity index (χ1) is 18.2. The number of anilines is 1. The van der Waals surface area contributed by atoms with Crippen LogP contribution >= 0.6 is 0 Å². The monoisotopic (exact) mass is 524 g/mol. The van der Waals surface area contributed by atoms with Crippen molar-refractivity contribution in [1.29, 1.82) is 0 Å². The number of fused-ring (bicyclic) bond motifs is 1.